The molecule has 4 nitrogen and oxygen atoms in total. The second-order valence-electron chi connectivity index (χ2n) is 5.36. The summed E-state index contributed by atoms with van der Waals surface area (Å²) in [6.07, 6.45) is 0. The number of nitrogens with one attached hydrogen (secondary N) is 1. The third-order valence-electron chi connectivity index (χ3n) is 3.29. The molecule has 0 aliphatic carbocycles. The van der Waals surface area contributed by atoms with Crippen LogP contribution in [-0.2, 0) is 11.3 Å². The Morgan fingerprint density at radius 2 is 2.00 bits per heavy atom. The molecule has 1 N–H and O–H groups in total. The molecule has 19 heavy (non-hydrogen) atoms. The zero-order chi connectivity index (χ0) is 14.4. The van der Waals surface area contributed by atoms with Gasteiger partial charge in [-0.1, -0.05) is 13.8 Å². The molecule has 1 unspecified atom stereocenters. The molecule has 1 aromatic rings. The Morgan fingerprint density at radius 1 is 1.32 bits per heavy atom. The van der Waals surface area contributed by atoms with Crippen molar-refractivity contribution in [2.24, 2.45) is 0 Å². The van der Waals surface area contributed by atoms with Crippen LogP contribution in [0.4, 0.5) is 5.82 Å². The lowest BCUT2D eigenvalue weighted by Gasteiger charge is -2.26. The smallest absolute Gasteiger partial charge is 0.129 e. The Labute approximate surface area is 117 Å². The quantitative estimate of drug-likeness (QED) is 0.821. The highest BCUT2D eigenvalue weighted by Gasteiger charge is 2.14. The molecular formula is C15H27N3O. The van der Waals surface area contributed by atoms with Gasteiger partial charge in [-0.15, -0.1) is 0 Å². The first-order chi connectivity index (χ1) is 8.99. The second kappa shape index (κ2) is 7.46. The van der Waals surface area contributed by atoms with Crippen LogP contribution in [0, 0.1) is 0 Å². The van der Waals surface area contributed by atoms with Crippen molar-refractivity contribution in [3.05, 3.63) is 23.4 Å². The largest absolute Gasteiger partial charge is 0.383 e. The summed E-state index contributed by atoms with van der Waals surface area (Å²) >= 11 is 0. The number of aromatic nitrogens is 1. The van der Waals surface area contributed by atoms with E-state index in [-0.39, 0.29) is 0 Å². The van der Waals surface area contributed by atoms with Gasteiger partial charge in [0.25, 0.3) is 0 Å². The lowest BCUT2D eigenvalue weighted by molar-refractivity contribution is 0.183. The van der Waals surface area contributed by atoms with Gasteiger partial charge in [-0.05, 0) is 37.6 Å². The molecule has 108 valence electrons. The van der Waals surface area contributed by atoms with E-state index in [1.165, 1.54) is 5.56 Å². The third kappa shape index (κ3) is 4.48. The molecular weight excluding hydrogens is 238 g/mol. The molecule has 4 heteroatoms. The van der Waals surface area contributed by atoms with E-state index in [0.717, 1.165) is 18.1 Å². The van der Waals surface area contributed by atoms with E-state index in [2.05, 4.69) is 50.2 Å². The third-order valence-corrected chi connectivity index (χ3v) is 3.29. The summed E-state index contributed by atoms with van der Waals surface area (Å²) in [7, 11) is 5.76. The summed E-state index contributed by atoms with van der Waals surface area (Å²) in [6.45, 7) is 8.06. The van der Waals surface area contributed by atoms with Gasteiger partial charge >= 0.3 is 0 Å². The molecule has 1 rings (SSSR count). The summed E-state index contributed by atoms with van der Waals surface area (Å²) in [5.41, 5.74) is 2.41. The number of likely N-dealkylation sites (N-methyl/N-ethyl adjacent to an activating group) is 1. The molecule has 0 bridgehead atoms. The number of methoxy groups -OCH3 is 1. The minimum Gasteiger partial charge on any atom is -0.383 e. The van der Waals surface area contributed by atoms with Crippen molar-refractivity contribution >= 4 is 5.82 Å². The van der Waals surface area contributed by atoms with E-state index in [1.807, 2.05) is 7.05 Å². The molecule has 1 atom stereocenters. The first-order valence-electron chi connectivity index (χ1n) is 6.86. The van der Waals surface area contributed by atoms with Crippen LogP contribution in [-0.4, -0.2) is 38.8 Å². The van der Waals surface area contributed by atoms with Crippen LogP contribution in [0.3, 0.4) is 0 Å². The van der Waals surface area contributed by atoms with Gasteiger partial charge in [-0.3, -0.25) is 0 Å². The maximum Gasteiger partial charge on any atom is 0.129 e. The van der Waals surface area contributed by atoms with Crippen molar-refractivity contribution in [3.8, 4) is 0 Å². The van der Waals surface area contributed by atoms with E-state index in [0.29, 0.717) is 18.6 Å². The molecule has 0 saturated heterocycles. The summed E-state index contributed by atoms with van der Waals surface area (Å²) in [5.74, 6) is 1.45. The second-order valence-corrected chi connectivity index (χ2v) is 5.36. The van der Waals surface area contributed by atoms with Gasteiger partial charge in [-0.2, -0.15) is 0 Å². The number of anilines is 1. The van der Waals surface area contributed by atoms with Gasteiger partial charge in [0.1, 0.15) is 5.82 Å². The monoisotopic (exact) mass is 265 g/mol. The first-order valence-corrected chi connectivity index (χ1v) is 6.86. The molecule has 0 aliphatic heterocycles. The fourth-order valence-electron chi connectivity index (χ4n) is 1.96. The lowest BCUT2D eigenvalue weighted by atomic mass is 10.1. The molecule has 1 heterocycles. The Bertz CT molecular complexity index is 393. The van der Waals surface area contributed by atoms with Crippen molar-refractivity contribution in [2.45, 2.75) is 39.3 Å². The molecule has 0 radical (unpaired) electrons. The highest BCUT2D eigenvalue weighted by molar-refractivity contribution is 5.43. The van der Waals surface area contributed by atoms with Gasteiger partial charge in [0.05, 0.1) is 12.6 Å². The number of pyridine rings is 1. The summed E-state index contributed by atoms with van der Waals surface area (Å²) in [4.78, 5) is 6.94. The molecule has 0 fully saturated rings. The normalized spacial score (nSPS) is 12.8. The molecule has 1 aromatic heterocycles. The molecule has 0 aliphatic rings. The maximum absolute atomic E-state index is 5.22. The minimum absolute atomic E-state index is 0.308. The number of ether oxygens (including phenoxy) is 1. The standard InChI is InChI=1S/C15H27N3O/c1-11(2)14-7-13(9-16-4)8-15(17-14)18(5)12(3)10-19-6/h7-8,11-12,16H,9-10H2,1-6H3. The number of hydrogen-bond acceptors (Lipinski definition) is 4. The van der Waals surface area contributed by atoms with Crippen LogP contribution < -0.4 is 10.2 Å². The zero-order valence-corrected chi connectivity index (χ0v) is 13.0. The van der Waals surface area contributed by atoms with Crippen LogP contribution >= 0.6 is 0 Å². The summed E-state index contributed by atoms with van der Waals surface area (Å²) in [6, 6.07) is 4.64. The van der Waals surface area contributed by atoms with Crippen LogP contribution in [0.1, 0.15) is 37.9 Å². The van der Waals surface area contributed by atoms with Crippen LogP contribution in [0.2, 0.25) is 0 Å². The Kier molecular flexibility index (Phi) is 6.25. The predicted molar refractivity (Wildman–Crippen MR) is 80.8 cm³/mol. The summed E-state index contributed by atoms with van der Waals surface area (Å²) < 4.78 is 5.22. The Morgan fingerprint density at radius 3 is 2.53 bits per heavy atom. The van der Waals surface area contributed by atoms with Crippen molar-refractivity contribution in [1.82, 2.24) is 10.3 Å². The Balaban J connectivity index is 3.04. The lowest BCUT2D eigenvalue weighted by Crippen LogP contribution is -2.33. The van der Waals surface area contributed by atoms with Gasteiger partial charge in [0.2, 0.25) is 0 Å². The molecule has 0 spiro atoms. The SMILES string of the molecule is CNCc1cc(C(C)C)nc(N(C)C(C)COC)c1. The highest BCUT2D eigenvalue weighted by Crippen LogP contribution is 2.21. The van der Waals surface area contributed by atoms with Crippen molar-refractivity contribution < 1.29 is 4.74 Å². The molecule has 0 aromatic carbocycles. The van der Waals surface area contributed by atoms with Crippen LogP contribution in [0.15, 0.2) is 12.1 Å². The van der Waals surface area contributed by atoms with Crippen molar-refractivity contribution in [3.63, 3.8) is 0 Å². The maximum atomic E-state index is 5.22. The fraction of sp³-hybridized carbons (Fsp3) is 0.667. The molecule has 0 amide bonds. The van der Waals surface area contributed by atoms with Crippen LogP contribution in [0.5, 0.6) is 0 Å². The summed E-state index contributed by atoms with van der Waals surface area (Å²) in [5, 5.41) is 3.20. The topological polar surface area (TPSA) is 37.4 Å². The number of hydrogen-bond donors (Lipinski definition) is 1. The predicted octanol–water partition coefficient (Wildman–Crippen LogP) is 2.40. The average molecular weight is 265 g/mol. The fourth-order valence-corrected chi connectivity index (χ4v) is 1.96. The van der Waals surface area contributed by atoms with Crippen LogP contribution in [0.25, 0.3) is 0 Å². The van der Waals surface area contributed by atoms with E-state index in [1.54, 1.807) is 7.11 Å². The van der Waals surface area contributed by atoms with Gasteiger partial charge in [0, 0.05) is 26.4 Å². The van der Waals surface area contributed by atoms with Gasteiger partial charge < -0.3 is 15.0 Å². The molecule has 0 saturated carbocycles. The van der Waals surface area contributed by atoms with Gasteiger partial charge in [0.15, 0.2) is 0 Å². The minimum atomic E-state index is 0.308. The Hall–Kier alpha value is -1.13. The van der Waals surface area contributed by atoms with E-state index >= 15 is 0 Å². The highest BCUT2D eigenvalue weighted by atomic mass is 16.5. The van der Waals surface area contributed by atoms with E-state index in [4.69, 9.17) is 9.72 Å². The van der Waals surface area contributed by atoms with Gasteiger partial charge in [-0.25, -0.2) is 4.98 Å². The number of rotatable bonds is 7. The number of nitrogens with zero attached hydrogens (tertiary/aromatic N) is 2. The zero-order valence-electron chi connectivity index (χ0n) is 13.0. The van der Waals surface area contributed by atoms with E-state index in [9.17, 15) is 0 Å². The first kappa shape index (κ1) is 15.9. The van der Waals surface area contributed by atoms with Crippen molar-refractivity contribution in [1.29, 1.82) is 0 Å². The van der Waals surface area contributed by atoms with Crippen molar-refractivity contribution in [2.75, 3.05) is 32.7 Å². The van der Waals surface area contributed by atoms with E-state index < -0.39 is 0 Å². The average Bonchev–Trinajstić information content (AvgIpc) is 2.38.